The van der Waals surface area contributed by atoms with Gasteiger partial charge in [0, 0.05) is 24.9 Å². The second kappa shape index (κ2) is 6.64. The number of rotatable bonds is 4. The summed E-state index contributed by atoms with van der Waals surface area (Å²) in [6.45, 7) is 0.124. The molecule has 0 amide bonds. The Morgan fingerprint density at radius 3 is 2.54 bits per heavy atom. The highest BCUT2D eigenvalue weighted by atomic mass is 19.4. The average molecular weight is 346 g/mol. The standard InChI is InChI=1S/C15H21F3N4O2/c16-15(17,18)9-21-12-7-13(20-8-11(12)19)22-10-1-3-14(4-2-10)23-5-6-24-14/h7-8,10H,1-6,9,19H2,(H2,20,21,22). The highest BCUT2D eigenvalue weighted by molar-refractivity contribution is 5.68. The third-order valence-corrected chi connectivity index (χ3v) is 4.33. The average Bonchev–Trinajstić information content (AvgIpc) is 2.98. The van der Waals surface area contributed by atoms with Gasteiger partial charge in [-0.25, -0.2) is 4.98 Å². The molecule has 2 aliphatic rings. The van der Waals surface area contributed by atoms with Crippen molar-refractivity contribution in [3.8, 4) is 0 Å². The molecule has 0 radical (unpaired) electrons. The smallest absolute Gasteiger partial charge is 0.396 e. The molecule has 9 heteroatoms. The number of nitrogen functional groups attached to an aromatic ring is 1. The number of nitrogens with zero attached hydrogens (tertiary/aromatic N) is 1. The minimum atomic E-state index is -4.30. The van der Waals surface area contributed by atoms with Crippen molar-refractivity contribution in [1.82, 2.24) is 4.98 Å². The van der Waals surface area contributed by atoms with Gasteiger partial charge in [0.2, 0.25) is 0 Å². The molecule has 2 fully saturated rings. The number of alkyl halides is 3. The molecule has 1 aliphatic heterocycles. The van der Waals surface area contributed by atoms with Crippen molar-refractivity contribution in [2.75, 3.05) is 36.1 Å². The molecule has 0 unspecified atom stereocenters. The molecule has 6 nitrogen and oxygen atoms in total. The summed E-state index contributed by atoms with van der Waals surface area (Å²) in [6, 6.07) is 1.68. The quantitative estimate of drug-likeness (QED) is 0.778. The number of hydrogen-bond acceptors (Lipinski definition) is 6. The van der Waals surface area contributed by atoms with E-state index in [0.29, 0.717) is 19.0 Å². The molecule has 0 atom stereocenters. The molecular formula is C15H21F3N4O2. The van der Waals surface area contributed by atoms with Crippen LogP contribution >= 0.6 is 0 Å². The maximum Gasteiger partial charge on any atom is 0.405 e. The van der Waals surface area contributed by atoms with Crippen LogP contribution < -0.4 is 16.4 Å². The van der Waals surface area contributed by atoms with Crippen LogP contribution in [0.3, 0.4) is 0 Å². The molecule has 1 saturated carbocycles. The van der Waals surface area contributed by atoms with Crippen LogP contribution in [0.4, 0.5) is 30.4 Å². The maximum absolute atomic E-state index is 12.3. The van der Waals surface area contributed by atoms with Crippen molar-refractivity contribution in [1.29, 1.82) is 0 Å². The highest BCUT2D eigenvalue weighted by Crippen LogP contribution is 2.36. The molecule has 1 aromatic rings. The van der Waals surface area contributed by atoms with Gasteiger partial charge in [0.1, 0.15) is 12.4 Å². The lowest BCUT2D eigenvalue weighted by Crippen LogP contribution is -2.39. The molecule has 3 rings (SSSR count). The van der Waals surface area contributed by atoms with E-state index in [1.165, 1.54) is 12.3 Å². The summed E-state index contributed by atoms with van der Waals surface area (Å²) in [5.41, 5.74) is 6.08. The first-order chi connectivity index (χ1) is 11.4. The Kier molecular flexibility index (Phi) is 4.73. The van der Waals surface area contributed by atoms with Gasteiger partial charge in [-0.2, -0.15) is 13.2 Å². The lowest BCUT2D eigenvalue weighted by Gasteiger charge is -2.35. The summed E-state index contributed by atoms with van der Waals surface area (Å²) in [6.07, 6.45) is 0.323. The van der Waals surface area contributed by atoms with Crippen molar-refractivity contribution in [3.05, 3.63) is 12.3 Å². The normalized spacial score (nSPS) is 21.1. The Hall–Kier alpha value is -1.74. The minimum Gasteiger partial charge on any atom is -0.396 e. The minimum absolute atomic E-state index is 0.176. The van der Waals surface area contributed by atoms with Gasteiger partial charge in [0.25, 0.3) is 0 Å². The highest BCUT2D eigenvalue weighted by Gasteiger charge is 2.40. The SMILES string of the molecule is Nc1cnc(NC2CCC3(CC2)OCCO3)cc1NCC(F)(F)F. The van der Waals surface area contributed by atoms with Gasteiger partial charge in [-0.3, -0.25) is 0 Å². The van der Waals surface area contributed by atoms with E-state index < -0.39 is 18.5 Å². The van der Waals surface area contributed by atoms with Crippen LogP contribution in [-0.2, 0) is 9.47 Å². The number of aromatic nitrogens is 1. The largest absolute Gasteiger partial charge is 0.405 e. The molecule has 1 aromatic heterocycles. The molecule has 0 bridgehead atoms. The van der Waals surface area contributed by atoms with Crippen molar-refractivity contribution >= 4 is 17.2 Å². The van der Waals surface area contributed by atoms with Gasteiger partial charge >= 0.3 is 6.18 Å². The van der Waals surface area contributed by atoms with E-state index in [4.69, 9.17) is 15.2 Å². The van der Waals surface area contributed by atoms with Crippen LogP contribution in [0.2, 0.25) is 0 Å². The first-order valence-electron chi connectivity index (χ1n) is 7.96. The van der Waals surface area contributed by atoms with Crippen LogP contribution in [0.1, 0.15) is 25.7 Å². The summed E-state index contributed by atoms with van der Waals surface area (Å²) in [7, 11) is 0. The van der Waals surface area contributed by atoms with E-state index in [0.717, 1.165) is 25.7 Å². The number of halogens is 3. The van der Waals surface area contributed by atoms with Gasteiger partial charge in [0.05, 0.1) is 30.8 Å². The first kappa shape index (κ1) is 17.1. The lowest BCUT2D eigenvalue weighted by molar-refractivity contribution is -0.177. The monoisotopic (exact) mass is 346 g/mol. The number of ether oxygens (including phenoxy) is 2. The van der Waals surface area contributed by atoms with Gasteiger partial charge in [-0.1, -0.05) is 0 Å². The Bertz CT molecular complexity index is 566. The van der Waals surface area contributed by atoms with E-state index in [-0.39, 0.29) is 17.4 Å². The van der Waals surface area contributed by atoms with E-state index in [2.05, 4.69) is 15.6 Å². The molecule has 24 heavy (non-hydrogen) atoms. The van der Waals surface area contributed by atoms with Crippen LogP contribution in [0.25, 0.3) is 0 Å². The molecule has 134 valence electrons. The van der Waals surface area contributed by atoms with Crippen LogP contribution in [0, 0.1) is 0 Å². The Balaban J connectivity index is 1.57. The van der Waals surface area contributed by atoms with Gasteiger partial charge < -0.3 is 25.8 Å². The van der Waals surface area contributed by atoms with Crippen molar-refractivity contribution < 1.29 is 22.6 Å². The number of nitrogens with two attached hydrogens (primary N) is 1. The molecular weight excluding hydrogens is 325 g/mol. The zero-order valence-corrected chi connectivity index (χ0v) is 13.2. The van der Waals surface area contributed by atoms with Crippen molar-refractivity contribution in [3.63, 3.8) is 0 Å². The van der Waals surface area contributed by atoms with Crippen molar-refractivity contribution in [2.45, 2.75) is 43.7 Å². The fourth-order valence-corrected chi connectivity index (χ4v) is 3.09. The van der Waals surface area contributed by atoms with Gasteiger partial charge in [0.15, 0.2) is 5.79 Å². The molecule has 0 aromatic carbocycles. The van der Waals surface area contributed by atoms with E-state index >= 15 is 0 Å². The van der Waals surface area contributed by atoms with Crippen LogP contribution in [0.5, 0.6) is 0 Å². The first-order valence-corrected chi connectivity index (χ1v) is 7.96. The Labute approximate surface area is 137 Å². The molecule has 1 aliphatic carbocycles. The predicted molar refractivity (Wildman–Crippen MR) is 83.7 cm³/mol. The van der Waals surface area contributed by atoms with Crippen molar-refractivity contribution in [2.24, 2.45) is 0 Å². The fraction of sp³-hybridized carbons (Fsp3) is 0.667. The zero-order valence-electron chi connectivity index (χ0n) is 13.2. The van der Waals surface area contributed by atoms with Crippen LogP contribution in [-0.4, -0.2) is 42.7 Å². The predicted octanol–water partition coefficient (Wildman–Crippen LogP) is 2.74. The molecule has 4 N–H and O–H groups in total. The number of hydrogen-bond donors (Lipinski definition) is 3. The number of nitrogens with one attached hydrogen (secondary N) is 2. The summed E-state index contributed by atoms with van der Waals surface area (Å²) in [5, 5.41) is 5.55. The number of anilines is 3. The van der Waals surface area contributed by atoms with E-state index in [1.54, 1.807) is 0 Å². The topological polar surface area (TPSA) is 81.4 Å². The second-order valence-corrected chi connectivity index (χ2v) is 6.15. The lowest BCUT2D eigenvalue weighted by atomic mass is 9.90. The maximum atomic E-state index is 12.3. The third kappa shape index (κ3) is 4.21. The van der Waals surface area contributed by atoms with E-state index in [9.17, 15) is 13.2 Å². The molecule has 1 spiro atoms. The fourth-order valence-electron chi connectivity index (χ4n) is 3.09. The van der Waals surface area contributed by atoms with Gasteiger partial charge in [-0.05, 0) is 12.8 Å². The molecule has 2 heterocycles. The third-order valence-electron chi connectivity index (χ3n) is 4.33. The Morgan fingerprint density at radius 2 is 1.92 bits per heavy atom. The summed E-state index contributed by atoms with van der Waals surface area (Å²) in [4.78, 5) is 4.15. The van der Waals surface area contributed by atoms with Gasteiger partial charge in [-0.15, -0.1) is 0 Å². The summed E-state index contributed by atoms with van der Waals surface area (Å²) in [5.74, 6) is 0.0645. The summed E-state index contributed by atoms with van der Waals surface area (Å²) < 4.78 is 48.4. The molecule has 1 saturated heterocycles. The number of pyridine rings is 1. The van der Waals surface area contributed by atoms with Crippen LogP contribution in [0.15, 0.2) is 12.3 Å². The second-order valence-electron chi connectivity index (χ2n) is 6.15. The van der Waals surface area contributed by atoms with E-state index in [1.807, 2.05) is 0 Å². The Morgan fingerprint density at radius 1 is 1.25 bits per heavy atom. The zero-order chi connectivity index (χ0) is 17.2. The summed E-state index contributed by atoms with van der Waals surface area (Å²) >= 11 is 0.